The standard InChI is InChI=1S/C9H7NO.Cu/c11-8-5-1-3-7-4-2-6-10-9(7)8;/h1-6,11H;/q;+2. The summed E-state index contributed by atoms with van der Waals surface area (Å²) in [7, 11) is 0. The Morgan fingerprint density at radius 3 is 2.58 bits per heavy atom. The van der Waals surface area contributed by atoms with Gasteiger partial charge in [-0.25, -0.2) is 0 Å². The second-order valence-corrected chi connectivity index (χ2v) is 2.35. The van der Waals surface area contributed by atoms with Gasteiger partial charge in [0.15, 0.2) is 0 Å². The molecule has 0 spiro atoms. The van der Waals surface area contributed by atoms with Crippen molar-refractivity contribution in [3.63, 3.8) is 0 Å². The first-order chi connectivity index (χ1) is 5.38. The molecule has 1 N–H and O–H groups in total. The van der Waals surface area contributed by atoms with Crippen LogP contribution >= 0.6 is 0 Å². The third-order valence-corrected chi connectivity index (χ3v) is 1.61. The van der Waals surface area contributed by atoms with Crippen LogP contribution in [0.4, 0.5) is 0 Å². The van der Waals surface area contributed by atoms with Gasteiger partial charge in [0.2, 0.25) is 0 Å². The molecule has 1 heterocycles. The normalized spacial score (nSPS) is 9.33. The summed E-state index contributed by atoms with van der Waals surface area (Å²) < 4.78 is 0. The monoisotopic (exact) mass is 208 g/mol. The summed E-state index contributed by atoms with van der Waals surface area (Å²) in [5.74, 6) is 0.239. The molecule has 0 amide bonds. The molecule has 0 aliphatic rings. The Labute approximate surface area is 80.7 Å². The summed E-state index contributed by atoms with van der Waals surface area (Å²) in [6.07, 6.45) is 1.67. The van der Waals surface area contributed by atoms with Crippen molar-refractivity contribution >= 4 is 10.9 Å². The molecule has 0 saturated heterocycles. The number of nitrogens with zero attached hydrogens (tertiary/aromatic N) is 1. The Kier molecular flexibility index (Phi) is 2.69. The van der Waals surface area contributed by atoms with Crippen LogP contribution in [0.3, 0.4) is 0 Å². The van der Waals surface area contributed by atoms with E-state index < -0.39 is 0 Å². The Morgan fingerprint density at radius 1 is 1.08 bits per heavy atom. The van der Waals surface area contributed by atoms with Crippen LogP contribution in [-0.2, 0) is 17.1 Å². The van der Waals surface area contributed by atoms with E-state index in [4.69, 9.17) is 0 Å². The van der Waals surface area contributed by atoms with Gasteiger partial charge in [-0.1, -0.05) is 18.2 Å². The summed E-state index contributed by atoms with van der Waals surface area (Å²) in [4.78, 5) is 4.03. The molecule has 1 aromatic heterocycles. The fourth-order valence-electron chi connectivity index (χ4n) is 1.09. The molecular formula is C9H7CuNO+2. The van der Waals surface area contributed by atoms with Crippen molar-refractivity contribution < 1.29 is 22.2 Å². The van der Waals surface area contributed by atoms with Gasteiger partial charge in [0.1, 0.15) is 11.3 Å². The molecule has 2 aromatic rings. The van der Waals surface area contributed by atoms with Gasteiger partial charge in [-0.15, -0.1) is 0 Å². The van der Waals surface area contributed by atoms with Gasteiger partial charge in [-0.2, -0.15) is 0 Å². The molecule has 3 heteroatoms. The fourth-order valence-corrected chi connectivity index (χ4v) is 1.09. The molecule has 0 saturated carbocycles. The van der Waals surface area contributed by atoms with Crippen LogP contribution in [0.1, 0.15) is 0 Å². The number of pyridine rings is 1. The van der Waals surface area contributed by atoms with Gasteiger partial charge >= 0.3 is 17.1 Å². The number of phenolic OH excluding ortho intramolecular Hbond substituents is 1. The van der Waals surface area contributed by atoms with Crippen LogP contribution in [-0.4, -0.2) is 10.1 Å². The molecule has 0 aliphatic carbocycles. The molecule has 0 bridgehead atoms. The molecule has 1 radical (unpaired) electrons. The summed E-state index contributed by atoms with van der Waals surface area (Å²) in [5.41, 5.74) is 0.662. The van der Waals surface area contributed by atoms with Crippen molar-refractivity contribution in [3.05, 3.63) is 36.5 Å². The number of hydrogen-bond donors (Lipinski definition) is 1. The summed E-state index contributed by atoms with van der Waals surface area (Å²) >= 11 is 0. The largest absolute Gasteiger partial charge is 2.00 e. The molecule has 2 nitrogen and oxygen atoms in total. The van der Waals surface area contributed by atoms with Crippen LogP contribution in [0.15, 0.2) is 36.5 Å². The molecular weight excluding hydrogens is 202 g/mol. The minimum atomic E-state index is 0. The second-order valence-electron chi connectivity index (χ2n) is 2.35. The van der Waals surface area contributed by atoms with Crippen LogP contribution in [0.25, 0.3) is 10.9 Å². The van der Waals surface area contributed by atoms with E-state index in [2.05, 4.69) is 4.98 Å². The maximum absolute atomic E-state index is 9.31. The topological polar surface area (TPSA) is 33.1 Å². The van der Waals surface area contributed by atoms with E-state index in [1.165, 1.54) is 0 Å². The Morgan fingerprint density at radius 2 is 1.83 bits per heavy atom. The third kappa shape index (κ3) is 1.42. The zero-order valence-electron chi connectivity index (χ0n) is 6.16. The number of phenols is 1. The van der Waals surface area contributed by atoms with E-state index in [-0.39, 0.29) is 22.8 Å². The van der Waals surface area contributed by atoms with Gasteiger partial charge in [0.05, 0.1) is 0 Å². The number of hydrogen-bond acceptors (Lipinski definition) is 2. The van der Waals surface area contributed by atoms with Crippen LogP contribution in [0, 0.1) is 0 Å². The Balaban J connectivity index is 0.000000720. The number of para-hydroxylation sites is 1. The van der Waals surface area contributed by atoms with Crippen molar-refractivity contribution in [3.8, 4) is 5.75 Å². The number of benzene rings is 1. The first kappa shape index (κ1) is 9.04. The summed E-state index contributed by atoms with van der Waals surface area (Å²) in [5, 5.41) is 10.3. The van der Waals surface area contributed by atoms with Crippen molar-refractivity contribution in [2.24, 2.45) is 0 Å². The predicted octanol–water partition coefficient (Wildman–Crippen LogP) is 1.94. The maximum atomic E-state index is 9.31. The Bertz CT molecular complexity index is 384. The molecule has 63 valence electrons. The average molecular weight is 209 g/mol. The van der Waals surface area contributed by atoms with Gasteiger partial charge in [0, 0.05) is 11.6 Å². The Hall–Kier alpha value is -1.05. The van der Waals surface area contributed by atoms with Crippen LogP contribution in [0.2, 0.25) is 0 Å². The molecule has 1 aromatic carbocycles. The molecule has 0 unspecified atom stereocenters. The number of aromatic nitrogens is 1. The van der Waals surface area contributed by atoms with Crippen molar-refractivity contribution in [1.82, 2.24) is 4.98 Å². The zero-order chi connectivity index (χ0) is 7.68. The number of fused-ring (bicyclic) bond motifs is 1. The second kappa shape index (κ2) is 3.57. The van der Waals surface area contributed by atoms with Crippen molar-refractivity contribution in [2.45, 2.75) is 0 Å². The van der Waals surface area contributed by atoms with Crippen LogP contribution < -0.4 is 0 Å². The third-order valence-electron chi connectivity index (χ3n) is 1.61. The number of aromatic hydroxyl groups is 1. The molecule has 12 heavy (non-hydrogen) atoms. The van der Waals surface area contributed by atoms with Gasteiger partial charge in [-0.3, -0.25) is 4.98 Å². The van der Waals surface area contributed by atoms with Gasteiger partial charge < -0.3 is 5.11 Å². The van der Waals surface area contributed by atoms with Crippen molar-refractivity contribution in [1.29, 1.82) is 0 Å². The first-order valence-corrected chi connectivity index (χ1v) is 3.40. The molecule has 0 fully saturated rings. The zero-order valence-corrected chi connectivity index (χ0v) is 7.10. The molecule has 0 atom stereocenters. The molecule has 2 rings (SSSR count). The summed E-state index contributed by atoms with van der Waals surface area (Å²) in [6, 6.07) is 9.13. The quantitative estimate of drug-likeness (QED) is 0.672. The van der Waals surface area contributed by atoms with E-state index in [0.717, 1.165) is 5.39 Å². The van der Waals surface area contributed by atoms with Gasteiger partial charge in [0.25, 0.3) is 0 Å². The minimum Gasteiger partial charge on any atom is -0.506 e. The van der Waals surface area contributed by atoms with Gasteiger partial charge in [-0.05, 0) is 12.1 Å². The van der Waals surface area contributed by atoms with E-state index >= 15 is 0 Å². The van der Waals surface area contributed by atoms with Crippen molar-refractivity contribution in [2.75, 3.05) is 0 Å². The average Bonchev–Trinajstić information content (AvgIpc) is 2.06. The van der Waals surface area contributed by atoms with E-state index in [0.29, 0.717) is 5.52 Å². The minimum absolute atomic E-state index is 0. The number of rotatable bonds is 0. The SMILES string of the molecule is Oc1cccc2cccnc12.[Cu+2]. The van der Waals surface area contributed by atoms with E-state index in [1.807, 2.05) is 18.2 Å². The van der Waals surface area contributed by atoms with Crippen LogP contribution in [0.5, 0.6) is 5.75 Å². The molecule has 0 aliphatic heterocycles. The summed E-state index contributed by atoms with van der Waals surface area (Å²) in [6.45, 7) is 0. The van der Waals surface area contributed by atoms with E-state index in [9.17, 15) is 5.11 Å². The smallest absolute Gasteiger partial charge is 0.506 e. The fraction of sp³-hybridized carbons (Fsp3) is 0. The predicted molar refractivity (Wildman–Crippen MR) is 43.4 cm³/mol. The van der Waals surface area contributed by atoms with E-state index in [1.54, 1.807) is 18.3 Å². The first-order valence-electron chi connectivity index (χ1n) is 3.40. The maximum Gasteiger partial charge on any atom is 2.00 e.